The molecular weight excluding hydrogens is 550 g/mol. The fraction of sp³-hybridized carbons (Fsp3) is 0.133. The number of hydrogen-bond acceptors (Lipinski definition) is 8. The lowest BCUT2D eigenvalue weighted by Gasteiger charge is -2.09. The van der Waals surface area contributed by atoms with Gasteiger partial charge in [0.2, 0.25) is 0 Å². The normalized spacial score (nSPS) is 11.3. The number of H-pyrrole nitrogens is 2. The Bertz CT molecular complexity index is 1660. The first kappa shape index (κ1) is 30.0. The Labute approximate surface area is 248 Å². The minimum absolute atomic E-state index is 0.0720. The molecule has 0 spiro atoms. The van der Waals surface area contributed by atoms with E-state index in [1.165, 1.54) is 7.11 Å². The second-order valence-corrected chi connectivity index (χ2v) is 8.71. The van der Waals surface area contributed by atoms with Crippen molar-refractivity contribution >= 4 is 29.3 Å². The van der Waals surface area contributed by atoms with Crippen molar-refractivity contribution in [2.75, 3.05) is 33.8 Å². The van der Waals surface area contributed by atoms with Gasteiger partial charge in [0, 0.05) is 12.1 Å². The number of methoxy groups -OCH3 is 4. The van der Waals surface area contributed by atoms with E-state index in [4.69, 9.17) is 30.4 Å². The van der Waals surface area contributed by atoms with E-state index in [0.717, 1.165) is 39.7 Å². The van der Waals surface area contributed by atoms with Gasteiger partial charge in [-0.05, 0) is 71.8 Å². The maximum absolute atomic E-state index is 5.96. The first-order valence-electron chi connectivity index (χ1n) is 12.9. The molecule has 13 nitrogen and oxygen atoms in total. The van der Waals surface area contributed by atoms with Gasteiger partial charge < -0.3 is 35.7 Å². The molecule has 0 saturated carbocycles. The van der Waals surface area contributed by atoms with Gasteiger partial charge in [-0.25, -0.2) is 0 Å². The molecule has 0 aliphatic carbocycles. The topological polar surface area (TPSA) is 183 Å². The number of para-hydroxylation sites is 2. The smallest absolute Gasteiger partial charge is 0.288 e. The monoisotopic (exact) mass is 583 g/mol. The molecular formula is C30H33N9O4. The van der Waals surface area contributed by atoms with Crippen molar-refractivity contribution < 1.29 is 18.9 Å². The van der Waals surface area contributed by atoms with Gasteiger partial charge >= 0.3 is 0 Å². The summed E-state index contributed by atoms with van der Waals surface area (Å²) >= 11 is 0. The lowest BCUT2D eigenvalue weighted by molar-refractivity contribution is 0.397. The van der Waals surface area contributed by atoms with Crippen LogP contribution in [-0.2, 0) is 4.74 Å². The van der Waals surface area contributed by atoms with Crippen molar-refractivity contribution in [3.63, 3.8) is 0 Å². The van der Waals surface area contributed by atoms with Gasteiger partial charge in [-0.2, -0.15) is 20.2 Å². The quantitative estimate of drug-likeness (QED) is 0.126. The highest BCUT2D eigenvalue weighted by Gasteiger charge is 2.07. The van der Waals surface area contributed by atoms with Gasteiger partial charge in [-0.15, -0.1) is 0 Å². The number of aromatic amines is 2. The second kappa shape index (κ2) is 14.6. The van der Waals surface area contributed by atoms with Crippen LogP contribution >= 0.6 is 0 Å². The number of anilines is 1. The molecule has 0 saturated heterocycles. The largest absolute Gasteiger partial charge is 0.497 e. The summed E-state index contributed by atoms with van der Waals surface area (Å²) in [5, 5.41) is 17.0. The van der Waals surface area contributed by atoms with Gasteiger partial charge in [0.25, 0.3) is 6.02 Å². The van der Waals surface area contributed by atoms with Crippen LogP contribution in [0.15, 0.2) is 94.9 Å². The summed E-state index contributed by atoms with van der Waals surface area (Å²) < 4.78 is 20.3. The molecule has 0 fully saturated rings. The van der Waals surface area contributed by atoms with Crippen molar-refractivity contribution in [1.29, 1.82) is 0 Å². The molecule has 0 radical (unpaired) electrons. The molecule has 0 bridgehead atoms. The van der Waals surface area contributed by atoms with E-state index in [1.807, 2.05) is 78.9 Å². The number of nitrogens with zero attached hydrogens (tertiary/aromatic N) is 4. The van der Waals surface area contributed by atoms with E-state index >= 15 is 0 Å². The Hall–Kier alpha value is -5.98. The first-order valence-corrected chi connectivity index (χ1v) is 12.9. The van der Waals surface area contributed by atoms with Gasteiger partial charge in [-0.1, -0.05) is 12.1 Å². The summed E-state index contributed by atoms with van der Waals surface area (Å²) in [6.07, 6.45) is 0. The maximum atomic E-state index is 5.96. The molecule has 43 heavy (non-hydrogen) atoms. The van der Waals surface area contributed by atoms with Crippen LogP contribution in [0.1, 0.15) is 0 Å². The highest BCUT2D eigenvalue weighted by atomic mass is 16.5. The number of nitrogens with one attached hydrogen (secondary N) is 3. The lowest BCUT2D eigenvalue weighted by Crippen LogP contribution is -2.22. The fourth-order valence-corrected chi connectivity index (χ4v) is 3.77. The molecule has 0 atom stereocenters. The van der Waals surface area contributed by atoms with Crippen LogP contribution in [0.25, 0.3) is 22.5 Å². The van der Waals surface area contributed by atoms with Crippen LogP contribution in [0, 0.1) is 0 Å². The summed E-state index contributed by atoms with van der Waals surface area (Å²) in [7, 11) is 6.32. The molecule has 0 aliphatic rings. The molecule has 0 amide bonds. The molecule has 13 heteroatoms. The van der Waals surface area contributed by atoms with Crippen LogP contribution < -0.4 is 31.0 Å². The zero-order chi connectivity index (χ0) is 30.6. The van der Waals surface area contributed by atoms with Crippen LogP contribution in [0.4, 0.5) is 17.3 Å². The van der Waals surface area contributed by atoms with E-state index in [9.17, 15) is 0 Å². The average Bonchev–Trinajstić information content (AvgIpc) is 3.71. The van der Waals surface area contributed by atoms with E-state index < -0.39 is 0 Å². The minimum atomic E-state index is 0.0720. The molecule has 3 aromatic carbocycles. The molecule has 0 unspecified atom stereocenters. The number of guanidine groups is 1. The van der Waals surface area contributed by atoms with Crippen molar-refractivity contribution in [1.82, 2.24) is 20.4 Å². The third-order valence-corrected chi connectivity index (χ3v) is 5.97. The summed E-state index contributed by atoms with van der Waals surface area (Å²) in [5.74, 6) is 3.46. The lowest BCUT2D eigenvalue weighted by atomic mass is 10.1. The number of nitrogens with two attached hydrogens (primary N) is 2. The first-order chi connectivity index (χ1) is 20.9. The predicted octanol–water partition coefficient (Wildman–Crippen LogP) is 4.83. The molecule has 5 aromatic rings. The number of rotatable bonds is 8. The Balaban J connectivity index is 0.000000208. The minimum Gasteiger partial charge on any atom is -0.497 e. The van der Waals surface area contributed by atoms with Crippen molar-refractivity contribution in [3.05, 3.63) is 84.9 Å². The summed E-state index contributed by atoms with van der Waals surface area (Å²) in [5.41, 5.74) is 15.8. The van der Waals surface area contributed by atoms with Gasteiger partial charge in [0.1, 0.15) is 17.2 Å². The third-order valence-electron chi connectivity index (χ3n) is 5.97. The third kappa shape index (κ3) is 8.27. The van der Waals surface area contributed by atoms with Crippen LogP contribution in [0.3, 0.4) is 0 Å². The number of benzene rings is 3. The molecule has 0 aliphatic heterocycles. The van der Waals surface area contributed by atoms with Crippen molar-refractivity contribution in [2.24, 2.45) is 21.5 Å². The number of hydrogen-bond donors (Lipinski definition) is 5. The van der Waals surface area contributed by atoms with Crippen LogP contribution in [0.5, 0.6) is 17.2 Å². The van der Waals surface area contributed by atoms with E-state index in [0.29, 0.717) is 17.4 Å². The molecule has 2 aromatic heterocycles. The van der Waals surface area contributed by atoms with E-state index in [2.05, 4.69) is 35.7 Å². The van der Waals surface area contributed by atoms with Crippen LogP contribution in [0.2, 0.25) is 0 Å². The molecule has 222 valence electrons. The average molecular weight is 584 g/mol. The Morgan fingerprint density at radius 2 is 1.19 bits per heavy atom. The Morgan fingerprint density at radius 1 is 0.674 bits per heavy atom. The highest BCUT2D eigenvalue weighted by Crippen LogP contribution is 2.26. The van der Waals surface area contributed by atoms with Crippen molar-refractivity contribution in [3.8, 4) is 39.8 Å². The van der Waals surface area contributed by atoms with Gasteiger partial charge in [0.05, 0.1) is 45.5 Å². The highest BCUT2D eigenvalue weighted by molar-refractivity contribution is 5.95. The van der Waals surface area contributed by atoms with Crippen LogP contribution in [-0.4, -0.2) is 60.8 Å². The van der Waals surface area contributed by atoms with Gasteiger partial charge in [-0.3, -0.25) is 10.2 Å². The second-order valence-electron chi connectivity index (χ2n) is 8.71. The zero-order valence-corrected chi connectivity index (χ0v) is 24.2. The number of amidine groups is 1. The number of ether oxygens (including phenoxy) is 4. The molecule has 7 N–H and O–H groups in total. The summed E-state index contributed by atoms with van der Waals surface area (Å²) in [6, 6.07) is 26.4. The fourth-order valence-electron chi connectivity index (χ4n) is 3.77. The predicted molar refractivity (Wildman–Crippen MR) is 167 cm³/mol. The zero-order valence-electron chi connectivity index (χ0n) is 24.2. The SMILES string of the molecule is COC(N)=Nc1cc(-c2ccc(OC)cc2)[nH]n1.COc1ccc(-c2cc(N=C(N)Nc3ccccc3OC)n[nH]2)cc1. The van der Waals surface area contributed by atoms with E-state index in [1.54, 1.807) is 27.4 Å². The standard InChI is InChI=1S/C18H19N5O2.C12H14N4O2/c1-24-13-9-7-12(8-10-13)15-11-17(23-22-15)21-18(19)20-14-5-3-4-6-16(14)25-2;1-17-9-5-3-8(4-6-9)10-7-11(16-15-10)14-12(13)18-2/h3-11H,1-2H3,(H4,19,20,21,22,23);3-7H,1-2H3,(H3,13,14,15,16). The Morgan fingerprint density at radius 3 is 1.67 bits per heavy atom. The molecule has 5 rings (SSSR count). The van der Waals surface area contributed by atoms with E-state index in [-0.39, 0.29) is 12.0 Å². The summed E-state index contributed by atoms with van der Waals surface area (Å²) in [4.78, 5) is 8.23. The molecule has 2 heterocycles. The number of aliphatic imine (C=N–C) groups is 2. The Kier molecular flexibility index (Phi) is 10.2. The van der Waals surface area contributed by atoms with Gasteiger partial charge in [0.15, 0.2) is 17.6 Å². The number of aromatic nitrogens is 4. The summed E-state index contributed by atoms with van der Waals surface area (Å²) in [6.45, 7) is 0. The van der Waals surface area contributed by atoms with Crippen molar-refractivity contribution in [2.45, 2.75) is 0 Å². The maximum Gasteiger partial charge on any atom is 0.288 e.